The molecule has 0 bridgehead atoms. The number of hydrogen-bond acceptors (Lipinski definition) is 3. The molecule has 1 saturated heterocycles. The number of allylic oxidation sites excluding steroid dienone is 1. The van der Waals surface area contributed by atoms with E-state index in [0.29, 0.717) is 23.6 Å². The van der Waals surface area contributed by atoms with Crippen molar-refractivity contribution in [2.24, 2.45) is 5.92 Å². The van der Waals surface area contributed by atoms with Gasteiger partial charge in [0, 0.05) is 36.9 Å². The Hall–Kier alpha value is -4.50. The molecule has 1 fully saturated rings. The summed E-state index contributed by atoms with van der Waals surface area (Å²) in [5, 5.41) is 6.06. The molecule has 1 aliphatic carbocycles. The number of halogens is 6. The fourth-order valence-corrected chi connectivity index (χ4v) is 7.25. The summed E-state index contributed by atoms with van der Waals surface area (Å²) in [5.74, 6) is 0.445. The molecule has 3 nitrogen and oxygen atoms in total. The zero-order valence-corrected chi connectivity index (χ0v) is 27.1. The number of nitrogens with one attached hydrogen (secondary N) is 2. The van der Waals surface area contributed by atoms with E-state index in [1.54, 1.807) is 0 Å². The third-order valence-electron chi connectivity index (χ3n) is 9.75. The first-order valence-electron chi connectivity index (χ1n) is 16.5. The van der Waals surface area contributed by atoms with E-state index in [4.69, 9.17) is 0 Å². The topological polar surface area (TPSA) is 27.3 Å². The van der Waals surface area contributed by atoms with Crippen LogP contribution in [0.5, 0.6) is 0 Å². The highest BCUT2D eigenvalue weighted by atomic mass is 19.4. The number of nitrogens with zero attached hydrogens (tertiary/aromatic N) is 1. The molecule has 49 heavy (non-hydrogen) atoms. The number of rotatable bonds is 13. The summed E-state index contributed by atoms with van der Waals surface area (Å²) in [4.78, 5) is 2.39. The van der Waals surface area contributed by atoms with Crippen LogP contribution in [0.4, 0.5) is 26.3 Å². The van der Waals surface area contributed by atoms with Crippen LogP contribution in [-0.4, -0.2) is 43.8 Å². The van der Waals surface area contributed by atoms with Gasteiger partial charge < -0.3 is 15.5 Å². The van der Waals surface area contributed by atoms with Crippen LogP contribution in [0, 0.1) is 5.92 Å². The van der Waals surface area contributed by atoms with Crippen molar-refractivity contribution >= 4 is 5.70 Å². The first-order valence-corrected chi connectivity index (χ1v) is 16.5. The summed E-state index contributed by atoms with van der Waals surface area (Å²) >= 11 is 0. The van der Waals surface area contributed by atoms with Gasteiger partial charge in [0.1, 0.15) is 6.54 Å². The van der Waals surface area contributed by atoms with Gasteiger partial charge in [-0.05, 0) is 76.5 Å². The van der Waals surface area contributed by atoms with E-state index in [1.807, 2.05) is 72.8 Å². The number of hydrogen-bond donors (Lipinski definition) is 2. The van der Waals surface area contributed by atoms with Gasteiger partial charge in [0.05, 0.1) is 11.0 Å². The van der Waals surface area contributed by atoms with E-state index >= 15 is 0 Å². The SMILES string of the molecule is C=C(NCC1CN(CCCCC2(C(=C)NCC(F)(F)F)c3ccccc3-c3ccccc32)C1)c1cccc(-c2ccc(C(F)(F)F)cc2)c1. The molecule has 0 amide bonds. The third-order valence-corrected chi connectivity index (χ3v) is 9.75. The summed E-state index contributed by atoms with van der Waals surface area (Å²) in [6, 6.07) is 28.6. The molecule has 256 valence electrons. The summed E-state index contributed by atoms with van der Waals surface area (Å²) in [5.41, 5.74) is 6.18. The van der Waals surface area contributed by atoms with Gasteiger partial charge >= 0.3 is 12.4 Å². The van der Waals surface area contributed by atoms with Gasteiger partial charge in [-0.3, -0.25) is 0 Å². The van der Waals surface area contributed by atoms with Gasteiger partial charge in [-0.15, -0.1) is 0 Å². The second-order valence-electron chi connectivity index (χ2n) is 13.0. The number of fused-ring (bicyclic) bond motifs is 3. The summed E-state index contributed by atoms with van der Waals surface area (Å²) in [6.07, 6.45) is -6.35. The minimum atomic E-state index is -4.37. The highest BCUT2D eigenvalue weighted by Gasteiger charge is 2.45. The number of benzene rings is 4. The van der Waals surface area contributed by atoms with Crippen molar-refractivity contribution in [3.05, 3.63) is 138 Å². The van der Waals surface area contributed by atoms with Crippen LogP contribution < -0.4 is 10.6 Å². The van der Waals surface area contributed by atoms with Gasteiger partial charge in [-0.1, -0.05) is 98.4 Å². The minimum Gasteiger partial charge on any atom is -0.385 e. The molecule has 2 aliphatic rings. The van der Waals surface area contributed by atoms with Crippen molar-refractivity contribution in [1.29, 1.82) is 0 Å². The molecule has 0 aromatic heterocycles. The lowest BCUT2D eigenvalue weighted by atomic mass is 9.72. The van der Waals surface area contributed by atoms with E-state index in [2.05, 4.69) is 28.7 Å². The van der Waals surface area contributed by atoms with Gasteiger partial charge in [0.15, 0.2) is 0 Å². The second-order valence-corrected chi connectivity index (χ2v) is 13.0. The molecule has 0 saturated carbocycles. The molecule has 0 radical (unpaired) electrons. The Labute approximate surface area is 283 Å². The molecule has 1 aliphatic heterocycles. The normalized spacial score (nSPS) is 15.6. The zero-order chi connectivity index (χ0) is 34.8. The van der Waals surface area contributed by atoms with E-state index in [9.17, 15) is 26.3 Å². The van der Waals surface area contributed by atoms with Gasteiger partial charge in [0.2, 0.25) is 0 Å². The molecule has 0 unspecified atom stereocenters. The predicted molar refractivity (Wildman–Crippen MR) is 184 cm³/mol. The van der Waals surface area contributed by atoms with Crippen molar-refractivity contribution in [3.8, 4) is 22.3 Å². The van der Waals surface area contributed by atoms with E-state index in [-0.39, 0.29) is 0 Å². The molecular weight excluding hydrogens is 636 g/mol. The van der Waals surface area contributed by atoms with Crippen LogP contribution in [0.15, 0.2) is 116 Å². The first kappa shape index (κ1) is 34.4. The highest BCUT2D eigenvalue weighted by molar-refractivity contribution is 5.83. The first-order chi connectivity index (χ1) is 23.3. The van der Waals surface area contributed by atoms with Crippen molar-refractivity contribution in [2.75, 3.05) is 32.7 Å². The van der Waals surface area contributed by atoms with E-state index < -0.39 is 29.9 Å². The third kappa shape index (κ3) is 7.42. The van der Waals surface area contributed by atoms with E-state index in [0.717, 1.165) is 90.2 Å². The number of unbranched alkanes of at least 4 members (excludes halogenated alkanes) is 1. The van der Waals surface area contributed by atoms with Crippen molar-refractivity contribution in [1.82, 2.24) is 15.5 Å². The maximum Gasteiger partial charge on any atom is 0.416 e. The van der Waals surface area contributed by atoms with Crippen LogP contribution in [0.2, 0.25) is 0 Å². The molecule has 4 aromatic carbocycles. The summed E-state index contributed by atoms with van der Waals surface area (Å²) in [7, 11) is 0. The van der Waals surface area contributed by atoms with Crippen molar-refractivity contribution in [2.45, 2.75) is 37.0 Å². The quantitative estimate of drug-likeness (QED) is 0.109. The Kier molecular flexibility index (Phi) is 9.67. The molecule has 6 rings (SSSR count). The molecule has 0 spiro atoms. The second kappa shape index (κ2) is 13.8. The van der Waals surface area contributed by atoms with Crippen molar-refractivity contribution < 1.29 is 26.3 Å². The minimum absolute atomic E-state index is 0.377. The average Bonchev–Trinajstić information content (AvgIpc) is 3.35. The molecule has 4 aromatic rings. The van der Waals surface area contributed by atoms with Crippen LogP contribution in [0.25, 0.3) is 28.0 Å². The lowest BCUT2D eigenvalue weighted by Gasteiger charge is -2.40. The molecule has 2 N–H and O–H groups in total. The Balaban J connectivity index is 1.01. The monoisotopic (exact) mass is 675 g/mol. The zero-order valence-electron chi connectivity index (χ0n) is 27.1. The number of alkyl halides is 6. The Morgan fingerprint density at radius 2 is 1.37 bits per heavy atom. The smallest absolute Gasteiger partial charge is 0.385 e. The number of likely N-dealkylation sites (tertiary alicyclic amines) is 1. The van der Waals surface area contributed by atoms with Crippen LogP contribution in [0.1, 0.15) is 41.5 Å². The maximum absolute atomic E-state index is 13.3. The standard InChI is InChI=1S/C40H39F6N3/c1-27(31-10-9-11-32(22-31)30-16-18-33(19-17-30)40(44,45)46)47-23-29-24-49(25-29)21-8-7-20-38(28(2)48-26-39(41,42)43)36-14-5-3-12-34(36)35-13-4-6-15-37(35)38/h3-6,9-19,22,29,47-48H,1-2,7-8,20-21,23-26H2. The van der Waals surface area contributed by atoms with Crippen LogP contribution in [-0.2, 0) is 11.6 Å². The Morgan fingerprint density at radius 1 is 0.735 bits per heavy atom. The molecule has 1 heterocycles. The lowest BCUT2D eigenvalue weighted by molar-refractivity contribution is -0.137. The van der Waals surface area contributed by atoms with Crippen molar-refractivity contribution in [3.63, 3.8) is 0 Å². The highest BCUT2D eigenvalue weighted by Crippen LogP contribution is 2.54. The van der Waals surface area contributed by atoms with Crippen LogP contribution in [0.3, 0.4) is 0 Å². The molecular formula is C40H39F6N3. The summed E-state index contributed by atoms with van der Waals surface area (Å²) < 4.78 is 78.6. The lowest BCUT2D eigenvalue weighted by Crippen LogP contribution is -2.50. The maximum atomic E-state index is 13.3. The average molecular weight is 676 g/mol. The Morgan fingerprint density at radius 3 is 1.98 bits per heavy atom. The molecule has 9 heteroatoms. The fourth-order valence-electron chi connectivity index (χ4n) is 7.25. The predicted octanol–water partition coefficient (Wildman–Crippen LogP) is 9.67. The van der Waals surface area contributed by atoms with Gasteiger partial charge in [0.25, 0.3) is 0 Å². The van der Waals surface area contributed by atoms with Gasteiger partial charge in [-0.25, -0.2) is 0 Å². The van der Waals surface area contributed by atoms with Gasteiger partial charge in [-0.2, -0.15) is 26.3 Å². The summed E-state index contributed by atoms with van der Waals surface area (Å²) in [6.45, 7) is 10.7. The van der Waals surface area contributed by atoms with Crippen LogP contribution >= 0.6 is 0 Å². The Bertz CT molecular complexity index is 1760. The fraction of sp³-hybridized carbons (Fsp3) is 0.300. The largest absolute Gasteiger partial charge is 0.416 e. The van der Waals surface area contributed by atoms with E-state index in [1.165, 1.54) is 12.1 Å². The molecule has 0 atom stereocenters.